The van der Waals surface area contributed by atoms with Gasteiger partial charge in [0, 0.05) is 19.2 Å². The highest BCUT2D eigenvalue weighted by Gasteiger charge is 2.09. The van der Waals surface area contributed by atoms with Gasteiger partial charge in [-0.1, -0.05) is 36.5 Å². The van der Waals surface area contributed by atoms with E-state index in [1.165, 1.54) is 7.11 Å². The number of nitrogens with two attached hydrogens (primary N) is 1. The Morgan fingerprint density at radius 3 is 2.50 bits per heavy atom. The third-order valence-corrected chi connectivity index (χ3v) is 3.81. The van der Waals surface area contributed by atoms with Crippen molar-refractivity contribution in [2.45, 2.75) is 6.54 Å². The molecule has 0 amide bonds. The number of hydrogen-bond acceptors (Lipinski definition) is 4. The summed E-state index contributed by atoms with van der Waals surface area (Å²) in [6, 6.07) is 7.10. The number of nitrogens with one attached hydrogen (secondary N) is 1. The Labute approximate surface area is 112 Å². The first-order valence-corrected chi connectivity index (χ1v) is 7.35. The second-order valence-corrected chi connectivity index (χ2v) is 6.06. The smallest absolute Gasteiger partial charge is 0.214 e. The predicted molar refractivity (Wildman–Crippen MR) is 74.8 cm³/mol. The Balaban J connectivity index is 2.56. The van der Waals surface area contributed by atoms with Gasteiger partial charge in [-0.15, -0.1) is 0 Å². The first kappa shape index (κ1) is 15.0. The summed E-state index contributed by atoms with van der Waals surface area (Å²) in [5.41, 5.74) is 7.07. The molecule has 3 N–H and O–H groups in total. The van der Waals surface area contributed by atoms with Crippen molar-refractivity contribution in [1.29, 1.82) is 0 Å². The molecule has 0 saturated heterocycles. The summed E-state index contributed by atoms with van der Waals surface area (Å²) in [5, 5.41) is 0. The van der Waals surface area contributed by atoms with E-state index in [1.807, 2.05) is 0 Å². The van der Waals surface area contributed by atoms with Crippen LogP contribution in [-0.4, -0.2) is 32.9 Å². The van der Waals surface area contributed by atoms with Crippen LogP contribution in [0.1, 0.15) is 11.1 Å². The second kappa shape index (κ2) is 6.79. The molecule has 0 aromatic heterocycles. The van der Waals surface area contributed by atoms with E-state index in [-0.39, 0.29) is 18.9 Å². The lowest BCUT2D eigenvalue weighted by Gasteiger charge is -2.07. The van der Waals surface area contributed by atoms with Gasteiger partial charge in [-0.3, -0.25) is 0 Å². The maximum atomic E-state index is 11.5. The SMILES string of the molecule is COCCS(=O)(=O)NCc1ccc(C(N)=S)cc1. The largest absolute Gasteiger partial charge is 0.389 e. The van der Waals surface area contributed by atoms with E-state index in [0.717, 1.165) is 11.1 Å². The van der Waals surface area contributed by atoms with Gasteiger partial charge in [-0.25, -0.2) is 13.1 Å². The van der Waals surface area contributed by atoms with Gasteiger partial charge in [0.25, 0.3) is 0 Å². The van der Waals surface area contributed by atoms with Crippen LogP contribution in [0, 0.1) is 0 Å². The van der Waals surface area contributed by atoms with Crippen molar-refractivity contribution in [2.24, 2.45) is 5.73 Å². The summed E-state index contributed by atoms with van der Waals surface area (Å²) in [6.45, 7) is 0.416. The highest BCUT2D eigenvalue weighted by molar-refractivity contribution is 7.89. The fraction of sp³-hybridized carbons (Fsp3) is 0.364. The van der Waals surface area contributed by atoms with Gasteiger partial charge in [-0.05, 0) is 5.56 Å². The van der Waals surface area contributed by atoms with Crippen LogP contribution >= 0.6 is 12.2 Å². The zero-order valence-electron chi connectivity index (χ0n) is 10.0. The van der Waals surface area contributed by atoms with E-state index in [9.17, 15) is 8.42 Å². The van der Waals surface area contributed by atoms with Gasteiger partial charge in [0.15, 0.2) is 0 Å². The van der Waals surface area contributed by atoms with Crippen LogP contribution in [0.2, 0.25) is 0 Å². The van der Waals surface area contributed by atoms with Gasteiger partial charge in [0.05, 0.1) is 12.4 Å². The Hall–Kier alpha value is -1.02. The van der Waals surface area contributed by atoms with Gasteiger partial charge in [-0.2, -0.15) is 0 Å². The molecule has 0 radical (unpaired) electrons. The van der Waals surface area contributed by atoms with E-state index in [0.29, 0.717) is 4.99 Å². The molecule has 18 heavy (non-hydrogen) atoms. The summed E-state index contributed by atoms with van der Waals surface area (Å²) >= 11 is 4.83. The summed E-state index contributed by atoms with van der Waals surface area (Å²) < 4.78 is 30.2. The molecule has 7 heteroatoms. The van der Waals surface area contributed by atoms with Crippen LogP contribution in [0.4, 0.5) is 0 Å². The van der Waals surface area contributed by atoms with Crippen LogP contribution in [0.25, 0.3) is 0 Å². The second-order valence-electron chi connectivity index (χ2n) is 3.69. The van der Waals surface area contributed by atoms with E-state index in [1.54, 1.807) is 24.3 Å². The van der Waals surface area contributed by atoms with Crippen molar-refractivity contribution in [3.05, 3.63) is 35.4 Å². The number of benzene rings is 1. The van der Waals surface area contributed by atoms with Crippen LogP contribution in [0.3, 0.4) is 0 Å². The fourth-order valence-corrected chi connectivity index (χ4v) is 2.30. The van der Waals surface area contributed by atoms with Gasteiger partial charge >= 0.3 is 0 Å². The molecule has 0 aliphatic carbocycles. The van der Waals surface area contributed by atoms with Gasteiger partial charge < -0.3 is 10.5 Å². The minimum Gasteiger partial charge on any atom is -0.389 e. The van der Waals surface area contributed by atoms with Crippen molar-refractivity contribution in [3.8, 4) is 0 Å². The number of rotatable bonds is 7. The highest BCUT2D eigenvalue weighted by Crippen LogP contribution is 2.04. The zero-order chi connectivity index (χ0) is 13.6. The third-order valence-electron chi connectivity index (χ3n) is 2.29. The molecule has 0 bridgehead atoms. The van der Waals surface area contributed by atoms with E-state index in [2.05, 4.69) is 4.72 Å². The molecular weight excluding hydrogens is 272 g/mol. The van der Waals surface area contributed by atoms with E-state index in [4.69, 9.17) is 22.7 Å². The molecule has 0 aliphatic heterocycles. The van der Waals surface area contributed by atoms with Gasteiger partial charge in [0.2, 0.25) is 10.0 Å². The topological polar surface area (TPSA) is 81.4 Å². The molecule has 0 saturated carbocycles. The highest BCUT2D eigenvalue weighted by atomic mass is 32.2. The monoisotopic (exact) mass is 288 g/mol. The van der Waals surface area contributed by atoms with Crippen LogP contribution in [0.15, 0.2) is 24.3 Å². The molecule has 5 nitrogen and oxygen atoms in total. The number of sulfonamides is 1. The number of hydrogen-bond donors (Lipinski definition) is 2. The summed E-state index contributed by atoms with van der Waals surface area (Å²) in [5.74, 6) is -0.0472. The Morgan fingerprint density at radius 2 is 2.00 bits per heavy atom. The molecule has 0 unspecified atom stereocenters. The van der Waals surface area contributed by atoms with E-state index < -0.39 is 10.0 Å². The van der Waals surface area contributed by atoms with Gasteiger partial charge in [0.1, 0.15) is 4.99 Å². The summed E-state index contributed by atoms with van der Waals surface area (Å²) in [6.07, 6.45) is 0. The molecule has 0 spiro atoms. The van der Waals surface area contributed by atoms with Crippen molar-refractivity contribution >= 4 is 27.2 Å². The minimum absolute atomic E-state index is 0.0472. The van der Waals surface area contributed by atoms with Crippen LogP contribution < -0.4 is 10.5 Å². The Morgan fingerprint density at radius 1 is 1.39 bits per heavy atom. The average molecular weight is 288 g/mol. The van der Waals surface area contributed by atoms with Crippen molar-refractivity contribution in [1.82, 2.24) is 4.72 Å². The molecule has 1 rings (SSSR count). The predicted octanol–water partition coefficient (Wildman–Crippen LogP) is 0.387. The standard InChI is InChI=1S/C11H16N2O3S2/c1-16-6-7-18(14,15)13-8-9-2-4-10(5-3-9)11(12)17/h2-5,13H,6-8H2,1H3,(H2,12,17). The molecule has 100 valence electrons. The molecule has 0 fully saturated rings. The minimum atomic E-state index is -3.29. The van der Waals surface area contributed by atoms with E-state index >= 15 is 0 Å². The fourth-order valence-electron chi connectivity index (χ4n) is 1.25. The summed E-state index contributed by atoms with van der Waals surface area (Å²) in [7, 11) is -1.83. The molecule has 0 heterocycles. The first-order chi connectivity index (χ1) is 8.44. The van der Waals surface area contributed by atoms with Crippen LogP contribution in [-0.2, 0) is 21.3 Å². The molecule has 1 aromatic carbocycles. The number of ether oxygens (including phenoxy) is 1. The lowest BCUT2D eigenvalue weighted by atomic mass is 10.1. The first-order valence-electron chi connectivity index (χ1n) is 5.29. The quantitative estimate of drug-likeness (QED) is 0.709. The zero-order valence-corrected chi connectivity index (χ0v) is 11.7. The average Bonchev–Trinajstić information content (AvgIpc) is 2.35. The Kier molecular flexibility index (Phi) is 5.67. The maximum Gasteiger partial charge on any atom is 0.214 e. The molecule has 0 aliphatic rings. The van der Waals surface area contributed by atoms with Crippen molar-refractivity contribution in [3.63, 3.8) is 0 Å². The third kappa shape index (κ3) is 5.09. The van der Waals surface area contributed by atoms with Crippen molar-refractivity contribution in [2.75, 3.05) is 19.5 Å². The number of thiocarbonyl (C=S) groups is 1. The normalized spacial score (nSPS) is 11.4. The lowest BCUT2D eigenvalue weighted by molar-refractivity contribution is 0.217. The molecular formula is C11H16N2O3S2. The number of methoxy groups -OCH3 is 1. The van der Waals surface area contributed by atoms with Crippen LogP contribution in [0.5, 0.6) is 0 Å². The molecule has 1 aromatic rings. The van der Waals surface area contributed by atoms with Crippen molar-refractivity contribution < 1.29 is 13.2 Å². The maximum absolute atomic E-state index is 11.5. The Bertz CT molecular complexity index is 498. The summed E-state index contributed by atoms with van der Waals surface area (Å²) in [4.78, 5) is 0.322. The molecule has 0 atom stereocenters. The lowest BCUT2D eigenvalue weighted by Crippen LogP contribution is -2.27.